The summed E-state index contributed by atoms with van der Waals surface area (Å²) in [5.41, 5.74) is 0.920. The molecule has 2 aromatic heterocycles. The lowest BCUT2D eigenvalue weighted by Crippen LogP contribution is -2.08. The Morgan fingerprint density at radius 3 is 2.57 bits per heavy atom. The van der Waals surface area contributed by atoms with Crippen molar-refractivity contribution in [2.45, 2.75) is 26.2 Å². The van der Waals surface area contributed by atoms with E-state index in [0.717, 1.165) is 21.2 Å². The summed E-state index contributed by atoms with van der Waals surface area (Å²) in [4.78, 5) is 4.10. The van der Waals surface area contributed by atoms with Crippen molar-refractivity contribution in [1.82, 2.24) is 4.98 Å². The number of hydrogen-bond donors (Lipinski definition) is 0. The molecular weight excluding hydrogens is 242 g/mol. The smallest absolute Gasteiger partial charge is 0.151 e. The highest BCUT2D eigenvalue weighted by Gasteiger charge is 2.19. The van der Waals surface area contributed by atoms with Crippen molar-refractivity contribution in [3.63, 3.8) is 0 Å². The molecule has 0 bridgehead atoms. The number of furan rings is 1. The molecular formula is C11H12BrNO. The van der Waals surface area contributed by atoms with E-state index in [9.17, 15) is 0 Å². The van der Waals surface area contributed by atoms with Gasteiger partial charge in [0.15, 0.2) is 5.58 Å². The predicted molar refractivity (Wildman–Crippen MR) is 60.4 cm³/mol. The molecule has 0 aliphatic rings. The van der Waals surface area contributed by atoms with Crippen LogP contribution >= 0.6 is 15.9 Å². The highest BCUT2D eigenvalue weighted by Crippen LogP contribution is 2.31. The van der Waals surface area contributed by atoms with Gasteiger partial charge in [0.2, 0.25) is 0 Å². The maximum absolute atomic E-state index is 5.78. The average molecular weight is 254 g/mol. The van der Waals surface area contributed by atoms with E-state index < -0.39 is 0 Å². The second kappa shape index (κ2) is 3.09. The van der Waals surface area contributed by atoms with Gasteiger partial charge in [-0.05, 0) is 22.0 Å². The van der Waals surface area contributed by atoms with Gasteiger partial charge in [0, 0.05) is 23.2 Å². The van der Waals surface area contributed by atoms with Crippen molar-refractivity contribution in [2.75, 3.05) is 0 Å². The Hall–Kier alpha value is -0.830. The molecule has 0 fully saturated rings. The van der Waals surface area contributed by atoms with Crippen molar-refractivity contribution in [2.24, 2.45) is 0 Å². The van der Waals surface area contributed by atoms with E-state index in [4.69, 9.17) is 4.42 Å². The van der Waals surface area contributed by atoms with Crippen LogP contribution in [0.2, 0.25) is 0 Å². The molecule has 3 heteroatoms. The zero-order valence-corrected chi connectivity index (χ0v) is 10.1. The number of halogens is 1. The van der Waals surface area contributed by atoms with Gasteiger partial charge in [0.25, 0.3) is 0 Å². The van der Waals surface area contributed by atoms with Crippen LogP contribution in [0, 0.1) is 0 Å². The molecule has 2 rings (SSSR count). The standard InChI is InChI=1S/C11H12BrNO/c1-11(2,3)9-4-7-5-13-6-8(12)10(7)14-9/h4-6H,1-3H3. The van der Waals surface area contributed by atoms with E-state index in [-0.39, 0.29) is 5.41 Å². The number of rotatable bonds is 0. The summed E-state index contributed by atoms with van der Waals surface area (Å²) >= 11 is 3.42. The molecule has 0 amide bonds. The summed E-state index contributed by atoms with van der Waals surface area (Å²) < 4.78 is 6.68. The third-order valence-corrected chi connectivity index (χ3v) is 2.68. The van der Waals surface area contributed by atoms with Crippen LogP contribution in [0.5, 0.6) is 0 Å². The molecule has 0 atom stereocenters. The molecule has 14 heavy (non-hydrogen) atoms. The molecule has 2 heterocycles. The Morgan fingerprint density at radius 2 is 2.00 bits per heavy atom. The van der Waals surface area contributed by atoms with Crippen LogP contribution in [0.4, 0.5) is 0 Å². The van der Waals surface area contributed by atoms with E-state index >= 15 is 0 Å². The number of fused-ring (bicyclic) bond motifs is 1. The lowest BCUT2D eigenvalue weighted by atomic mass is 9.93. The fourth-order valence-electron chi connectivity index (χ4n) is 1.30. The van der Waals surface area contributed by atoms with Gasteiger partial charge in [-0.25, -0.2) is 0 Å². The predicted octanol–water partition coefficient (Wildman–Crippen LogP) is 3.89. The minimum atomic E-state index is 0.0401. The van der Waals surface area contributed by atoms with E-state index in [1.807, 2.05) is 12.3 Å². The molecule has 0 aliphatic heterocycles. The normalized spacial score (nSPS) is 12.3. The van der Waals surface area contributed by atoms with Crippen molar-refractivity contribution in [1.29, 1.82) is 0 Å². The van der Waals surface area contributed by atoms with Crippen molar-refractivity contribution in [3.05, 3.63) is 28.7 Å². The van der Waals surface area contributed by atoms with Crippen LogP contribution < -0.4 is 0 Å². The van der Waals surface area contributed by atoms with Crippen LogP contribution in [0.25, 0.3) is 11.0 Å². The maximum atomic E-state index is 5.78. The first-order valence-corrected chi connectivity index (χ1v) is 5.31. The van der Waals surface area contributed by atoms with Crippen molar-refractivity contribution < 1.29 is 4.42 Å². The van der Waals surface area contributed by atoms with Gasteiger partial charge in [0.05, 0.1) is 4.47 Å². The Morgan fingerprint density at radius 1 is 1.29 bits per heavy atom. The fourth-order valence-corrected chi connectivity index (χ4v) is 1.73. The summed E-state index contributed by atoms with van der Waals surface area (Å²) in [6.45, 7) is 6.39. The molecule has 0 aromatic carbocycles. The summed E-state index contributed by atoms with van der Waals surface area (Å²) in [6, 6.07) is 2.05. The Kier molecular flexibility index (Phi) is 2.14. The molecule has 74 valence electrons. The Balaban J connectivity index is 2.69. The zero-order chi connectivity index (χ0) is 10.3. The van der Waals surface area contributed by atoms with Crippen molar-refractivity contribution >= 4 is 26.9 Å². The van der Waals surface area contributed by atoms with Gasteiger partial charge < -0.3 is 4.42 Å². The molecule has 0 unspecified atom stereocenters. The van der Waals surface area contributed by atoms with Crippen LogP contribution in [-0.2, 0) is 5.41 Å². The summed E-state index contributed by atoms with van der Waals surface area (Å²) in [7, 11) is 0. The van der Waals surface area contributed by atoms with Gasteiger partial charge in [-0.3, -0.25) is 4.98 Å². The first-order chi connectivity index (χ1) is 6.48. The monoisotopic (exact) mass is 253 g/mol. The molecule has 0 saturated carbocycles. The quantitative estimate of drug-likeness (QED) is 0.712. The second-order valence-corrected chi connectivity index (χ2v) is 5.25. The highest BCUT2D eigenvalue weighted by atomic mass is 79.9. The molecule has 0 spiro atoms. The summed E-state index contributed by atoms with van der Waals surface area (Å²) in [5.74, 6) is 0.987. The van der Waals surface area contributed by atoms with Crippen LogP contribution in [0.3, 0.4) is 0 Å². The second-order valence-electron chi connectivity index (χ2n) is 4.40. The zero-order valence-electron chi connectivity index (χ0n) is 8.47. The van der Waals surface area contributed by atoms with E-state index in [1.54, 1.807) is 6.20 Å². The largest absolute Gasteiger partial charge is 0.459 e. The van der Waals surface area contributed by atoms with E-state index in [0.29, 0.717) is 0 Å². The number of aromatic nitrogens is 1. The van der Waals surface area contributed by atoms with E-state index in [2.05, 4.69) is 41.7 Å². The average Bonchev–Trinajstić information content (AvgIpc) is 2.48. The van der Waals surface area contributed by atoms with Gasteiger partial charge >= 0.3 is 0 Å². The van der Waals surface area contributed by atoms with Crippen molar-refractivity contribution in [3.8, 4) is 0 Å². The number of nitrogens with zero attached hydrogens (tertiary/aromatic N) is 1. The minimum absolute atomic E-state index is 0.0401. The molecule has 0 saturated heterocycles. The number of pyridine rings is 1. The summed E-state index contributed by atoms with van der Waals surface area (Å²) in [5, 5.41) is 1.05. The Bertz CT molecular complexity index is 468. The van der Waals surface area contributed by atoms with Gasteiger partial charge in [0.1, 0.15) is 5.76 Å². The molecule has 2 nitrogen and oxygen atoms in total. The molecule has 0 aliphatic carbocycles. The third-order valence-electron chi connectivity index (χ3n) is 2.12. The SMILES string of the molecule is CC(C)(C)c1cc2cncc(Br)c2o1. The van der Waals surface area contributed by atoms with Gasteiger partial charge in [-0.15, -0.1) is 0 Å². The highest BCUT2D eigenvalue weighted by molar-refractivity contribution is 9.10. The third kappa shape index (κ3) is 1.57. The summed E-state index contributed by atoms with van der Waals surface area (Å²) in [6.07, 6.45) is 3.57. The molecule has 2 aromatic rings. The lowest BCUT2D eigenvalue weighted by Gasteiger charge is -2.13. The van der Waals surface area contributed by atoms with Crippen LogP contribution in [-0.4, -0.2) is 4.98 Å². The lowest BCUT2D eigenvalue weighted by molar-refractivity contribution is 0.429. The van der Waals surface area contributed by atoms with Gasteiger partial charge in [-0.2, -0.15) is 0 Å². The van der Waals surface area contributed by atoms with E-state index in [1.165, 1.54) is 0 Å². The molecule has 0 radical (unpaired) electrons. The Labute approximate surface area is 91.5 Å². The van der Waals surface area contributed by atoms with Crippen LogP contribution in [0.1, 0.15) is 26.5 Å². The van der Waals surface area contributed by atoms with Gasteiger partial charge in [-0.1, -0.05) is 20.8 Å². The first kappa shape index (κ1) is 9.71. The topological polar surface area (TPSA) is 26.0 Å². The number of hydrogen-bond acceptors (Lipinski definition) is 2. The van der Waals surface area contributed by atoms with Crippen LogP contribution in [0.15, 0.2) is 27.3 Å². The maximum Gasteiger partial charge on any atom is 0.151 e. The fraction of sp³-hybridized carbons (Fsp3) is 0.364. The molecule has 0 N–H and O–H groups in total. The minimum Gasteiger partial charge on any atom is -0.459 e. The first-order valence-electron chi connectivity index (χ1n) is 4.52.